The van der Waals surface area contributed by atoms with Crippen LogP contribution in [0.1, 0.15) is 112 Å². The number of aromatic nitrogens is 2. The normalized spacial score (nSPS) is 15.0. The smallest absolute Gasteiger partial charge is 0.235 e. The van der Waals surface area contributed by atoms with Crippen LogP contribution in [0.5, 0.6) is 23.0 Å². The van der Waals surface area contributed by atoms with Crippen molar-refractivity contribution in [3.63, 3.8) is 0 Å². The van der Waals surface area contributed by atoms with Crippen molar-refractivity contribution < 1.29 is 38.1 Å². The van der Waals surface area contributed by atoms with Gasteiger partial charge in [-0.2, -0.15) is 0 Å². The van der Waals surface area contributed by atoms with Crippen LogP contribution in [0.2, 0.25) is 0 Å². The summed E-state index contributed by atoms with van der Waals surface area (Å²) in [7, 11) is 3.25. The van der Waals surface area contributed by atoms with Crippen molar-refractivity contribution >= 4 is 50.9 Å². The van der Waals surface area contributed by atoms with Crippen molar-refractivity contribution in [2.45, 2.75) is 124 Å². The average Bonchev–Trinajstić information content (AvgIpc) is 4.07. The van der Waals surface area contributed by atoms with Gasteiger partial charge in [0.15, 0.2) is 23.0 Å². The molecule has 6 aromatic rings. The Balaban J connectivity index is 0.000000218. The number of anilines is 2. The first-order valence-electron chi connectivity index (χ1n) is 23.8. The highest BCUT2D eigenvalue weighted by Gasteiger charge is 2.52. The lowest BCUT2D eigenvalue weighted by molar-refractivity contribution is -0.119. The summed E-state index contributed by atoms with van der Waals surface area (Å²) in [5, 5.41) is 15.0. The number of rotatable bonds is 12. The summed E-state index contributed by atoms with van der Waals surface area (Å²) < 4.78 is 30.5. The van der Waals surface area contributed by atoms with Crippen LogP contribution < -0.4 is 34.9 Å². The van der Waals surface area contributed by atoms with Crippen LogP contribution in [-0.2, 0) is 53.9 Å². The second kappa shape index (κ2) is 21.7. The van der Waals surface area contributed by atoms with Crippen molar-refractivity contribution in [3.8, 4) is 23.0 Å². The summed E-state index contributed by atoms with van der Waals surface area (Å²) >= 11 is 0. The van der Waals surface area contributed by atoms with Crippen molar-refractivity contribution in [1.82, 2.24) is 14.5 Å². The van der Waals surface area contributed by atoms with Crippen molar-refractivity contribution in [2.75, 3.05) is 51.5 Å². The molecular weight excluding hydrogens is 913 g/mol. The molecule has 0 saturated heterocycles. The minimum absolute atomic E-state index is 0. The van der Waals surface area contributed by atoms with E-state index in [2.05, 4.69) is 93.5 Å². The molecule has 10 rings (SSSR count). The third-order valence-corrected chi connectivity index (χ3v) is 13.3. The van der Waals surface area contributed by atoms with Gasteiger partial charge in [-0.25, -0.2) is 0 Å². The molecule has 2 aliphatic carbocycles. The Morgan fingerprint density at radius 2 is 1.06 bits per heavy atom. The Morgan fingerprint density at radius 1 is 0.639 bits per heavy atom. The molecule has 16 heteroatoms. The fraction of sp³-hybridized carbons (Fsp3) is 0.446. The summed E-state index contributed by atoms with van der Waals surface area (Å²) in [5.41, 5.74) is 15.5. The molecule has 0 bridgehead atoms. The van der Waals surface area contributed by atoms with Crippen molar-refractivity contribution in [2.24, 2.45) is 5.11 Å². The minimum Gasteiger partial charge on any atom is -0.454 e. The molecule has 2 saturated carbocycles. The van der Waals surface area contributed by atoms with Crippen LogP contribution in [0.3, 0.4) is 0 Å². The van der Waals surface area contributed by atoms with Crippen molar-refractivity contribution in [3.05, 3.63) is 118 Å². The topological polar surface area (TPSA) is 192 Å². The van der Waals surface area contributed by atoms with Crippen LogP contribution in [-0.4, -0.2) is 67.8 Å². The van der Waals surface area contributed by atoms with Crippen LogP contribution in [0.4, 0.5) is 11.4 Å². The number of carbonyl (C=O) groups excluding carboxylic acids is 3. The molecule has 2 aromatic heterocycles. The van der Waals surface area contributed by atoms with Gasteiger partial charge < -0.3 is 48.8 Å². The highest BCUT2D eigenvalue weighted by Crippen LogP contribution is 2.52. The fourth-order valence-electron chi connectivity index (χ4n) is 9.39. The molecule has 2 fully saturated rings. The quantitative estimate of drug-likeness (QED) is 0.0612. The van der Waals surface area contributed by atoms with E-state index in [1.165, 1.54) is 12.6 Å². The van der Waals surface area contributed by atoms with E-state index in [-0.39, 0.29) is 57.0 Å². The molecule has 384 valence electrons. The monoisotopic (exact) mass is 985 g/mol. The number of benzene rings is 4. The van der Waals surface area contributed by atoms with Gasteiger partial charge in [0.1, 0.15) is 0 Å². The maximum absolute atomic E-state index is 13.3. The zero-order valence-corrected chi connectivity index (χ0v) is 41.7. The summed E-state index contributed by atoms with van der Waals surface area (Å²) in [6, 6.07) is 27.9. The predicted octanol–water partition coefficient (Wildman–Crippen LogP) is 11.7. The minimum atomic E-state index is -0.520. The van der Waals surface area contributed by atoms with Crippen LogP contribution in [0, 0.1) is 0 Å². The van der Waals surface area contributed by atoms with Gasteiger partial charge in [0.25, 0.3) is 0 Å². The first-order valence-corrected chi connectivity index (χ1v) is 23.8. The molecule has 3 amide bonds. The number of hydrogen-bond acceptors (Lipinski definition) is 9. The Hall–Kier alpha value is -7.16. The Kier molecular flexibility index (Phi) is 16.3. The largest absolute Gasteiger partial charge is 0.454 e. The Labute approximate surface area is 423 Å². The van der Waals surface area contributed by atoms with E-state index in [0.29, 0.717) is 37.7 Å². The number of fused-ring (bicyclic) bond motifs is 4. The molecule has 0 unspecified atom stereocenters. The van der Waals surface area contributed by atoms with Crippen LogP contribution >= 0.6 is 0 Å². The van der Waals surface area contributed by atoms with Crippen LogP contribution in [0.25, 0.3) is 32.2 Å². The Bertz CT molecular complexity index is 3000. The molecule has 2 aliphatic heterocycles. The second-order valence-electron chi connectivity index (χ2n) is 20.5. The maximum Gasteiger partial charge on any atom is 0.235 e. The maximum atomic E-state index is 13.3. The molecule has 4 heterocycles. The number of azide groups is 1. The molecule has 4 aromatic carbocycles. The van der Waals surface area contributed by atoms with E-state index in [1.54, 1.807) is 14.2 Å². The van der Waals surface area contributed by atoms with Gasteiger partial charge in [-0.15, -0.1) is 0 Å². The lowest BCUT2D eigenvalue weighted by Gasteiger charge is -2.22. The van der Waals surface area contributed by atoms with E-state index in [9.17, 15) is 14.4 Å². The number of hydrogen-bond donors (Lipinski definition) is 3. The van der Waals surface area contributed by atoms with E-state index in [1.807, 2.05) is 72.8 Å². The SMILES string of the molecule is C.C.CC(=O)NCCn1c(C(C)(C)C)cc2cc(NC(=O)C3(c4ccc5c(c4)OCO5)CC3)ccc21.CC(C)(C)c1cc2cc(NC(=O)C3(c4ccc5c(c4)OCO5)CC3)ccc2n1CCN=[N+]=[N-].COC. The zero-order valence-electron chi connectivity index (χ0n) is 41.7. The number of amides is 3. The highest BCUT2D eigenvalue weighted by atomic mass is 16.7. The second-order valence-corrected chi connectivity index (χ2v) is 20.5. The molecule has 3 N–H and O–H groups in total. The van der Waals surface area contributed by atoms with Crippen molar-refractivity contribution in [1.29, 1.82) is 0 Å². The summed E-state index contributed by atoms with van der Waals surface area (Å²) in [6.07, 6.45) is 3.25. The number of nitrogens with one attached hydrogen (secondary N) is 3. The van der Waals surface area contributed by atoms with E-state index in [0.717, 1.165) is 87.2 Å². The summed E-state index contributed by atoms with van der Waals surface area (Å²) in [6.45, 7) is 17.3. The summed E-state index contributed by atoms with van der Waals surface area (Å²) in [4.78, 5) is 40.9. The van der Waals surface area contributed by atoms with E-state index in [4.69, 9.17) is 24.5 Å². The molecule has 16 nitrogen and oxygen atoms in total. The molecule has 0 atom stereocenters. The molecular formula is C56H72N8O8. The fourth-order valence-corrected chi connectivity index (χ4v) is 9.39. The van der Waals surface area contributed by atoms with Gasteiger partial charge in [-0.05, 0) is 115 Å². The van der Waals surface area contributed by atoms with Gasteiger partial charge in [0, 0.05) is 108 Å². The standard InChI is InChI=1S/C27H31N3O4.C25H27N5O3.C2H6O.2CH4/c1-17(31)28-11-12-30-21-7-6-20(13-18(21)14-24(30)26(2,3)4)29-25(32)27(9-10-27)19-5-8-22-23(15-19)34-16-33-22;1-24(2,3)22-13-16-12-18(5-6-19(16)30(22)11-10-27-29-26)28-23(31)25(8-9-25)17-4-7-20-21(14-17)33-15-32-20;1-3-2;;/h5-8,13-15H,9-12,16H2,1-4H3,(H,28,31)(H,29,32);4-7,12-14H,8-11,15H2,1-3H3,(H,28,31);1-2H3;2*1H4. The average molecular weight is 985 g/mol. The van der Waals surface area contributed by atoms with E-state index >= 15 is 0 Å². The number of carbonyl (C=O) groups is 3. The lowest BCUT2D eigenvalue weighted by Crippen LogP contribution is -2.27. The number of ether oxygens (including phenoxy) is 5. The Morgan fingerprint density at radius 3 is 1.44 bits per heavy atom. The molecule has 0 radical (unpaired) electrons. The molecule has 0 spiro atoms. The number of nitrogens with zero attached hydrogens (tertiary/aromatic N) is 5. The zero-order chi connectivity index (χ0) is 50.0. The van der Waals surface area contributed by atoms with Gasteiger partial charge in [0.05, 0.1) is 10.8 Å². The number of methoxy groups -OCH3 is 1. The molecule has 72 heavy (non-hydrogen) atoms. The highest BCUT2D eigenvalue weighted by molar-refractivity contribution is 6.04. The van der Waals surface area contributed by atoms with Gasteiger partial charge in [-0.1, -0.05) is 73.6 Å². The van der Waals surface area contributed by atoms with E-state index < -0.39 is 10.8 Å². The van der Waals surface area contributed by atoms with Gasteiger partial charge in [0.2, 0.25) is 31.3 Å². The first kappa shape index (κ1) is 54.2. The third kappa shape index (κ3) is 11.3. The van der Waals surface area contributed by atoms with Gasteiger partial charge in [-0.3, -0.25) is 14.4 Å². The lowest BCUT2D eigenvalue weighted by atomic mass is 9.92. The first-order chi connectivity index (χ1) is 33.4. The summed E-state index contributed by atoms with van der Waals surface area (Å²) in [5.74, 6) is 2.82. The molecule has 4 aliphatic rings. The van der Waals surface area contributed by atoms with Gasteiger partial charge >= 0.3 is 0 Å². The third-order valence-electron chi connectivity index (χ3n) is 13.3. The predicted molar refractivity (Wildman–Crippen MR) is 285 cm³/mol. The van der Waals surface area contributed by atoms with Crippen LogP contribution in [0.15, 0.2) is 90.0 Å².